The minimum atomic E-state index is -0.0970. The number of likely N-dealkylation sites (tertiary alicyclic amines) is 1. The molecular weight excluding hydrogens is 254 g/mol. The highest BCUT2D eigenvalue weighted by Crippen LogP contribution is 2.10. The van der Waals surface area contributed by atoms with E-state index in [4.69, 9.17) is 5.11 Å². The molecule has 0 bridgehead atoms. The van der Waals surface area contributed by atoms with E-state index >= 15 is 0 Å². The Morgan fingerprint density at radius 3 is 2.30 bits per heavy atom. The van der Waals surface area contributed by atoms with Crippen molar-refractivity contribution in [2.24, 2.45) is 11.8 Å². The highest BCUT2D eigenvalue weighted by molar-refractivity contribution is 5.73. The van der Waals surface area contributed by atoms with E-state index in [2.05, 4.69) is 22.5 Å². The van der Waals surface area contributed by atoms with Crippen molar-refractivity contribution in [2.75, 3.05) is 39.3 Å². The average Bonchev–Trinajstić information content (AvgIpc) is 2.44. The Balaban J connectivity index is 2.07. The monoisotopic (exact) mass is 285 g/mol. The predicted molar refractivity (Wildman–Crippen MR) is 81.7 cm³/mol. The van der Waals surface area contributed by atoms with Crippen molar-refractivity contribution in [3.8, 4) is 0 Å². The maximum Gasteiger partial charge on any atom is 0.314 e. The molecule has 1 fully saturated rings. The van der Waals surface area contributed by atoms with Crippen molar-refractivity contribution in [3.05, 3.63) is 0 Å². The van der Waals surface area contributed by atoms with Crippen LogP contribution in [0, 0.1) is 11.8 Å². The van der Waals surface area contributed by atoms with Crippen LogP contribution in [0.1, 0.15) is 39.5 Å². The molecule has 0 spiro atoms. The van der Waals surface area contributed by atoms with Gasteiger partial charge >= 0.3 is 6.03 Å². The Bertz CT molecular complexity index is 268. The van der Waals surface area contributed by atoms with E-state index in [-0.39, 0.29) is 12.6 Å². The van der Waals surface area contributed by atoms with Gasteiger partial charge in [0.05, 0.1) is 0 Å². The van der Waals surface area contributed by atoms with Crippen LogP contribution in [0.15, 0.2) is 0 Å². The average molecular weight is 285 g/mol. The van der Waals surface area contributed by atoms with Gasteiger partial charge in [-0.05, 0) is 44.2 Å². The molecule has 3 N–H and O–H groups in total. The fraction of sp³-hybridized carbons (Fsp3) is 0.933. The van der Waals surface area contributed by atoms with Gasteiger partial charge in [0.15, 0.2) is 0 Å². The number of urea groups is 1. The summed E-state index contributed by atoms with van der Waals surface area (Å²) in [5.74, 6) is 0.797. The molecule has 2 amide bonds. The molecule has 118 valence electrons. The molecule has 5 heteroatoms. The third-order valence-electron chi connectivity index (χ3n) is 3.86. The molecule has 0 saturated carbocycles. The number of aliphatic hydroxyl groups is 1. The van der Waals surface area contributed by atoms with Crippen molar-refractivity contribution in [3.63, 3.8) is 0 Å². The molecule has 0 aliphatic carbocycles. The Kier molecular flexibility index (Phi) is 8.62. The molecule has 0 radical (unpaired) electrons. The first-order valence-corrected chi connectivity index (χ1v) is 7.96. The first-order chi connectivity index (χ1) is 9.61. The van der Waals surface area contributed by atoms with Crippen LogP contribution in [0.25, 0.3) is 0 Å². The molecule has 2 atom stereocenters. The maximum atomic E-state index is 11.7. The molecule has 1 heterocycles. The topological polar surface area (TPSA) is 64.6 Å². The molecule has 20 heavy (non-hydrogen) atoms. The van der Waals surface area contributed by atoms with E-state index in [1.165, 1.54) is 32.4 Å². The van der Waals surface area contributed by atoms with Gasteiger partial charge in [-0.2, -0.15) is 0 Å². The van der Waals surface area contributed by atoms with Crippen molar-refractivity contribution in [1.29, 1.82) is 0 Å². The van der Waals surface area contributed by atoms with Crippen LogP contribution < -0.4 is 10.6 Å². The molecule has 0 aromatic heterocycles. The van der Waals surface area contributed by atoms with Gasteiger partial charge in [0.2, 0.25) is 0 Å². The third-order valence-corrected chi connectivity index (χ3v) is 3.86. The van der Waals surface area contributed by atoms with Gasteiger partial charge in [0, 0.05) is 26.2 Å². The lowest BCUT2D eigenvalue weighted by atomic mass is 10.1. The number of amides is 2. The zero-order valence-corrected chi connectivity index (χ0v) is 13.0. The minimum Gasteiger partial charge on any atom is -0.396 e. The fourth-order valence-electron chi connectivity index (χ4n) is 2.57. The number of nitrogens with one attached hydrogen (secondary N) is 2. The fourth-order valence-corrected chi connectivity index (χ4v) is 2.57. The SMILES string of the molecule is CC(CCO)CNC(=O)NCC(C)CN1CCCCC1. The standard InChI is InChI=1S/C15H31N3O2/c1-13(6-9-19)10-16-15(20)17-11-14(2)12-18-7-4-3-5-8-18/h13-14,19H,3-12H2,1-2H3,(H2,16,17,20). The van der Waals surface area contributed by atoms with Gasteiger partial charge in [-0.25, -0.2) is 4.79 Å². The third kappa shape index (κ3) is 7.70. The van der Waals surface area contributed by atoms with Crippen molar-refractivity contribution < 1.29 is 9.90 Å². The van der Waals surface area contributed by atoms with E-state index in [9.17, 15) is 4.79 Å². The van der Waals surface area contributed by atoms with Crippen LogP contribution in [-0.2, 0) is 0 Å². The van der Waals surface area contributed by atoms with Crippen molar-refractivity contribution in [2.45, 2.75) is 39.5 Å². The van der Waals surface area contributed by atoms with Crippen LogP contribution in [0.5, 0.6) is 0 Å². The summed E-state index contributed by atoms with van der Waals surface area (Å²) in [7, 11) is 0. The summed E-state index contributed by atoms with van der Waals surface area (Å²) in [6.45, 7) is 9.20. The number of carbonyl (C=O) groups excluding carboxylic acids is 1. The summed E-state index contributed by atoms with van der Waals surface area (Å²) >= 11 is 0. The van der Waals surface area contributed by atoms with Gasteiger partial charge in [0.1, 0.15) is 0 Å². The van der Waals surface area contributed by atoms with E-state index in [1.807, 2.05) is 6.92 Å². The smallest absolute Gasteiger partial charge is 0.314 e. The van der Waals surface area contributed by atoms with E-state index in [0.717, 1.165) is 19.5 Å². The molecule has 1 aliphatic heterocycles. The molecule has 1 aliphatic rings. The lowest BCUT2D eigenvalue weighted by Gasteiger charge is -2.29. The highest BCUT2D eigenvalue weighted by atomic mass is 16.3. The van der Waals surface area contributed by atoms with Gasteiger partial charge in [-0.3, -0.25) is 0 Å². The Morgan fingerprint density at radius 1 is 1.10 bits per heavy atom. The largest absolute Gasteiger partial charge is 0.396 e. The predicted octanol–water partition coefficient (Wildman–Crippen LogP) is 1.43. The van der Waals surface area contributed by atoms with Crippen molar-refractivity contribution in [1.82, 2.24) is 15.5 Å². The number of hydrogen-bond acceptors (Lipinski definition) is 3. The van der Waals surface area contributed by atoms with Crippen LogP contribution in [-0.4, -0.2) is 55.4 Å². The van der Waals surface area contributed by atoms with Crippen LogP contribution >= 0.6 is 0 Å². The first kappa shape index (κ1) is 17.2. The number of piperidine rings is 1. The molecule has 1 rings (SSSR count). The Labute approximate surface area is 123 Å². The number of carbonyl (C=O) groups is 1. The summed E-state index contributed by atoms with van der Waals surface area (Å²) in [4.78, 5) is 14.1. The van der Waals surface area contributed by atoms with Crippen LogP contribution in [0.2, 0.25) is 0 Å². The van der Waals surface area contributed by atoms with Gasteiger partial charge in [-0.1, -0.05) is 20.3 Å². The van der Waals surface area contributed by atoms with E-state index in [1.54, 1.807) is 0 Å². The van der Waals surface area contributed by atoms with E-state index in [0.29, 0.717) is 18.4 Å². The lowest BCUT2D eigenvalue weighted by molar-refractivity contribution is 0.197. The zero-order valence-electron chi connectivity index (χ0n) is 13.0. The summed E-state index contributed by atoms with van der Waals surface area (Å²) in [5.41, 5.74) is 0. The summed E-state index contributed by atoms with van der Waals surface area (Å²) in [6, 6.07) is -0.0970. The first-order valence-electron chi connectivity index (χ1n) is 7.96. The summed E-state index contributed by atoms with van der Waals surface area (Å²) in [6.07, 6.45) is 4.70. The number of nitrogens with zero attached hydrogens (tertiary/aromatic N) is 1. The van der Waals surface area contributed by atoms with E-state index < -0.39 is 0 Å². The number of rotatable bonds is 8. The maximum absolute atomic E-state index is 11.7. The summed E-state index contributed by atoms with van der Waals surface area (Å²) < 4.78 is 0. The minimum absolute atomic E-state index is 0.0970. The Morgan fingerprint density at radius 2 is 1.70 bits per heavy atom. The lowest BCUT2D eigenvalue weighted by Crippen LogP contribution is -2.42. The molecule has 2 unspecified atom stereocenters. The quantitative estimate of drug-likeness (QED) is 0.632. The zero-order chi connectivity index (χ0) is 14.8. The Hall–Kier alpha value is -0.810. The van der Waals surface area contributed by atoms with Crippen LogP contribution in [0.3, 0.4) is 0 Å². The molecule has 0 aromatic rings. The van der Waals surface area contributed by atoms with Gasteiger partial charge in [0.25, 0.3) is 0 Å². The second-order valence-electron chi connectivity index (χ2n) is 6.17. The normalized spacial score (nSPS) is 19.4. The van der Waals surface area contributed by atoms with Crippen molar-refractivity contribution >= 4 is 6.03 Å². The summed E-state index contributed by atoms with van der Waals surface area (Å²) in [5, 5.41) is 14.6. The van der Waals surface area contributed by atoms with Crippen LogP contribution in [0.4, 0.5) is 4.79 Å². The molecular formula is C15H31N3O2. The molecule has 0 aromatic carbocycles. The molecule has 1 saturated heterocycles. The van der Waals surface area contributed by atoms with Gasteiger partial charge in [-0.15, -0.1) is 0 Å². The number of aliphatic hydroxyl groups excluding tert-OH is 1. The number of hydrogen-bond donors (Lipinski definition) is 3. The molecule has 5 nitrogen and oxygen atoms in total. The second-order valence-corrected chi connectivity index (χ2v) is 6.17. The highest BCUT2D eigenvalue weighted by Gasteiger charge is 2.14. The second kappa shape index (κ2) is 10.00. The van der Waals surface area contributed by atoms with Gasteiger partial charge < -0.3 is 20.6 Å².